The number of nitrogens with two attached hydrogens (primary N) is 1. The van der Waals surface area contributed by atoms with E-state index in [1.54, 1.807) is 4.68 Å². The van der Waals surface area contributed by atoms with Crippen LogP contribution in [0.25, 0.3) is 11.0 Å². The van der Waals surface area contributed by atoms with Gasteiger partial charge < -0.3 is 10.2 Å². The molecule has 3 aromatic rings. The highest BCUT2D eigenvalue weighted by atomic mass is 16.3. The SMILES string of the molecule is Cc1cc(N)n(C(C)c2cc3ccccc3o2)n1. The van der Waals surface area contributed by atoms with Gasteiger partial charge >= 0.3 is 0 Å². The van der Waals surface area contributed by atoms with E-state index in [2.05, 4.69) is 5.10 Å². The Labute approximate surface area is 105 Å². The van der Waals surface area contributed by atoms with Crippen molar-refractivity contribution in [3.63, 3.8) is 0 Å². The van der Waals surface area contributed by atoms with Gasteiger partial charge in [0.25, 0.3) is 0 Å². The number of rotatable bonds is 2. The third-order valence-electron chi connectivity index (χ3n) is 3.11. The smallest absolute Gasteiger partial charge is 0.134 e. The second kappa shape index (κ2) is 3.91. The average Bonchev–Trinajstić information content (AvgIpc) is 2.91. The Morgan fingerprint density at radius 2 is 2.06 bits per heavy atom. The standard InChI is InChI=1S/C14H15N3O/c1-9-7-14(15)17(16-9)10(2)13-8-11-5-3-4-6-12(11)18-13/h3-8,10H,15H2,1-2H3. The quantitative estimate of drug-likeness (QED) is 0.749. The van der Waals surface area contributed by atoms with Crippen molar-refractivity contribution in [3.05, 3.63) is 47.9 Å². The lowest BCUT2D eigenvalue weighted by Crippen LogP contribution is -2.10. The van der Waals surface area contributed by atoms with E-state index < -0.39 is 0 Å². The molecule has 3 rings (SSSR count). The second-order valence-electron chi connectivity index (χ2n) is 4.52. The molecule has 0 aliphatic rings. The molecule has 4 nitrogen and oxygen atoms in total. The number of fused-ring (bicyclic) bond motifs is 1. The molecule has 0 spiro atoms. The number of nitrogens with zero attached hydrogens (tertiary/aromatic N) is 2. The number of nitrogen functional groups attached to an aromatic ring is 1. The number of furan rings is 1. The second-order valence-corrected chi connectivity index (χ2v) is 4.52. The highest BCUT2D eigenvalue weighted by Crippen LogP contribution is 2.27. The minimum absolute atomic E-state index is 0.00824. The molecule has 0 saturated heterocycles. The van der Waals surface area contributed by atoms with E-state index in [0.717, 1.165) is 22.4 Å². The van der Waals surface area contributed by atoms with Crippen LogP contribution in [0.3, 0.4) is 0 Å². The summed E-state index contributed by atoms with van der Waals surface area (Å²) in [5, 5.41) is 5.49. The van der Waals surface area contributed by atoms with Crippen molar-refractivity contribution in [3.8, 4) is 0 Å². The number of hydrogen-bond acceptors (Lipinski definition) is 3. The minimum Gasteiger partial charge on any atom is -0.459 e. The zero-order valence-corrected chi connectivity index (χ0v) is 10.4. The van der Waals surface area contributed by atoms with Crippen LogP contribution in [0.2, 0.25) is 0 Å². The van der Waals surface area contributed by atoms with E-state index in [1.807, 2.05) is 50.2 Å². The molecule has 2 N–H and O–H groups in total. The highest BCUT2D eigenvalue weighted by molar-refractivity contribution is 5.77. The molecule has 0 saturated carbocycles. The summed E-state index contributed by atoms with van der Waals surface area (Å²) in [5.74, 6) is 1.52. The van der Waals surface area contributed by atoms with Crippen molar-refractivity contribution in [1.29, 1.82) is 0 Å². The molecule has 2 aromatic heterocycles. The number of hydrogen-bond donors (Lipinski definition) is 1. The maximum Gasteiger partial charge on any atom is 0.134 e. The van der Waals surface area contributed by atoms with Crippen LogP contribution < -0.4 is 5.73 Å². The van der Waals surface area contributed by atoms with E-state index in [1.165, 1.54) is 0 Å². The molecular formula is C14H15N3O. The molecule has 0 fully saturated rings. The van der Waals surface area contributed by atoms with Gasteiger partial charge in [0.2, 0.25) is 0 Å². The van der Waals surface area contributed by atoms with Crippen LogP contribution in [0, 0.1) is 6.92 Å². The van der Waals surface area contributed by atoms with Gasteiger partial charge in [-0.3, -0.25) is 0 Å². The van der Waals surface area contributed by atoms with Crippen LogP contribution in [-0.4, -0.2) is 9.78 Å². The van der Waals surface area contributed by atoms with Crippen LogP contribution in [0.4, 0.5) is 5.82 Å². The first kappa shape index (κ1) is 10.9. The first-order valence-corrected chi connectivity index (χ1v) is 5.95. The van der Waals surface area contributed by atoms with E-state index in [0.29, 0.717) is 5.82 Å². The lowest BCUT2D eigenvalue weighted by molar-refractivity contribution is 0.447. The third kappa shape index (κ3) is 1.66. The molecule has 92 valence electrons. The molecule has 18 heavy (non-hydrogen) atoms. The predicted octanol–water partition coefficient (Wildman–Crippen LogP) is 3.13. The zero-order valence-electron chi connectivity index (χ0n) is 10.4. The first-order valence-electron chi connectivity index (χ1n) is 5.95. The molecule has 0 aliphatic carbocycles. The molecule has 0 radical (unpaired) electrons. The number of anilines is 1. The monoisotopic (exact) mass is 241 g/mol. The Kier molecular flexibility index (Phi) is 2.37. The number of para-hydroxylation sites is 1. The van der Waals surface area contributed by atoms with Gasteiger partial charge in [0.15, 0.2) is 0 Å². The van der Waals surface area contributed by atoms with Crippen molar-refractivity contribution < 1.29 is 4.42 Å². The van der Waals surface area contributed by atoms with E-state index in [9.17, 15) is 0 Å². The molecule has 0 aliphatic heterocycles. The fraction of sp³-hybridized carbons (Fsp3) is 0.214. The van der Waals surface area contributed by atoms with E-state index in [-0.39, 0.29) is 6.04 Å². The molecular weight excluding hydrogens is 226 g/mol. The van der Waals surface area contributed by atoms with Crippen molar-refractivity contribution >= 4 is 16.8 Å². The zero-order chi connectivity index (χ0) is 12.7. The molecule has 1 atom stereocenters. The molecule has 1 unspecified atom stereocenters. The van der Waals surface area contributed by atoms with Gasteiger partial charge in [0, 0.05) is 11.5 Å². The molecule has 2 heterocycles. The van der Waals surface area contributed by atoms with Crippen LogP contribution >= 0.6 is 0 Å². The van der Waals surface area contributed by atoms with Gasteiger partial charge in [-0.15, -0.1) is 0 Å². The summed E-state index contributed by atoms with van der Waals surface area (Å²) < 4.78 is 7.62. The maximum absolute atomic E-state index is 5.93. The van der Waals surface area contributed by atoms with Crippen LogP contribution in [0.1, 0.15) is 24.4 Å². The summed E-state index contributed by atoms with van der Waals surface area (Å²) in [6.07, 6.45) is 0. The van der Waals surface area contributed by atoms with Crippen molar-refractivity contribution in [2.45, 2.75) is 19.9 Å². The van der Waals surface area contributed by atoms with Crippen LogP contribution in [0.5, 0.6) is 0 Å². The summed E-state index contributed by atoms with van der Waals surface area (Å²) >= 11 is 0. The van der Waals surface area contributed by atoms with Gasteiger partial charge in [-0.25, -0.2) is 4.68 Å². The summed E-state index contributed by atoms with van der Waals surface area (Å²) in [7, 11) is 0. The van der Waals surface area contributed by atoms with Gasteiger partial charge in [0.1, 0.15) is 23.2 Å². The lowest BCUT2D eigenvalue weighted by atomic mass is 10.2. The van der Waals surface area contributed by atoms with Gasteiger partial charge in [0.05, 0.1) is 5.69 Å². The topological polar surface area (TPSA) is 57.0 Å². The van der Waals surface area contributed by atoms with Gasteiger partial charge in [-0.1, -0.05) is 18.2 Å². The normalized spacial score (nSPS) is 13.0. The summed E-state index contributed by atoms with van der Waals surface area (Å²) in [6.45, 7) is 3.96. The van der Waals surface area contributed by atoms with Crippen molar-refractivity contribution in [1.82, 2.24) is 9.78 Å². The molecule has 1 aromatic carbocycles. The Morgan fingerprint density at radius 1 is 1.28 bits per heavy atom. The third-order valence-corrected chi connectivity index (χ3v) is 3.11. The molecule has 0 bridgehead atoms. The van der Waals surface area contributed by atoms with Gasteiger partial charge in [-0.05, 0) is 26.0 Å². The number of aryl methyl sites for hydroxylation is 1. The fourth-order valence-corrected chi connectivity index (χ4v) is 2.18. The predicted molar refractivity (Wildman–Crippen MR) is 71.4 cm³/mol. The molecule has 4 heteroatoms. The van der Waals surface area contributed by atoms with Gasteiger partial charge in [-0.2, -0.15) is 5.10 Å². The Bertz CT molecular complexity index is 663. The Morgan fingerprint density at radius 3 is 2.72 bits per heavy atom. The molecule has 0 amide bonds. The largest absolute Gasteiger partial charge is 0.459 e. The first-order chi connectivity index (χ1) is 8.65. The minimum atomic E-state index is -0.00824. The van der Waals surface area contributed by atoms with E-state index >= 15 is 0 Å². The summed E-state index contributed by atoms with van der Waals surface area (Å²) in [4.78, 5) is 0. The number of aromatic nitrogens is 2. The lowest BCUT2D eigenvalue weighted by Gasteiger charge is -2.10. The van der Waals surface area contributed by atoms with Crippen LogP contribution in [-0.2, 0) is 0 Å². The van der Waals surface area contributed by atoms with Crippen molar-refractivity contribution in [2.24, 2.45) is 0 Å². The number of benzene rings is 1. The Balaban J connectivity index is 2.06. The van der Waals surface area contributed by atoms with Crippen LogP contribution in [0.15, 0.2) is 40.8 Å². The average molecular weight is 241 g/mol. The van der Waals surface area contributed by atoms with Crippen molar-refractivity contribution in [2.75, 3.05) is 5.73 Å². The summed E-state index contributed by atoms with van der Waals surface area (Å²) in [5.41, 5.74) is 7.74. The van der Waals surface area contributed by atoms with E-state index in [4.69, 9.17) is 10.2 Å². The Hall–Kier alpha value is -2.23. The highest BCUT2D eigenvalue weighted by Gasteiger charge is 2.16. The fourth-order valence-electron chi connectivity index (χ4n) is 2.18. The maximum atomic E-state index is 5.93. The summed E-state index contributed by atoms with van der Waals surface area (Å²) in [6, 6.07) is 11.8.